The maximum Gasteiger partial charge on any atom is 0.305 e. The standard InChI is InChI=1S/C20H22FN3O3/c21-15-5-1-3-14(11-15)17(12-19(26)27)24-18(25)9-8-16-7-6-13-4-2-10-22-20(13)23-16/h1,3,5-7,11,17H,2,4,8-10,12H2,(H,22,23)(H,24,25)(H,26,27). The summed E-state index contributed by atoms with van der Waals surface area (Å²) in [5.41, 5.74) is 2.42. The Kier molecular flexibility index (Phi) is 6.01. The summed E-state index contributed by atoms with van der Waals surface area (Å²) < 4.78 is 13.4. The second-order valence-corrected chi connectivity index (χ2v) is 6.61. The third kappa shape index (κ3) is 5.26. The predicted molar refractivity (Wildman–Crippen MR) is 98.9 cm³/mol. The number of carbonyl (C=O) groups excluding carboxylic acids is 1. The number of hydrogen-bond donors (Lipinski definition) is 3. The molecule has 7 heteroatoms. The number of aromatic nitrogens is 1. The van der Waals surface area contributed by atoms with Gasteiger partial charge in [-0.25, -0.2) is 9.37 Å². The minimum atomic E-state index is -1.06. The topological polar surface area (TPSA) is 91.3 Å². The predicted octanol–water partition coefficient (Wildman–Crippen LogP) is 2.84. The zero-order valence-electron chi connectivity index (χ0n) is 14.9. The summed E-state index contributed by atoms with van der Waals surface area (Å²) in [7, 11) is 0. The Balaban J connectivity index is 1.61. The highest BCUT2D eigenvalue weighted by atomic mass is 19.1. The zero-order valence-corrected chi connectivity index (χ0v) is 14.9. The van der Waals surface area contributed by atoms with Crippen molar-refractivity contribution in [1.82, 2.24) is 10.3 Å². The summed E-state index contributed by atoms with van der Waals surface area (Å²) in [5.74, 6) is -0.949. The van der Waals surface area contributed by atoms with Gasteiger partial charge in [-0.3, -0.25) is 9.59 Å². The minimum absolute atomic E-state index is 0.178. The molecule has 1 atom stereocenters. The number of nitrogens with one attached hydrogen (secondary N) is 2. The van der Waals surface area contributed by atoms with Gasteiger partial charge in [0.25, 0.3) is 0 Å². The first-order valence-corrected chi connectivity index (χ1v) is 9.00. The number of carboxylic acids is 1. The largest absolute Gasteiger partial charge is 0.481 e. The molecule has 3 N–H and O–H groups in total. The molecule has 1 amide bonds. The first kappa shape index (κ1) is 18.8. The van der Waals surface area contributed by atoms with E-state index in [2.05, 4.69) is 15.6 Å². The number of carbonyl (C=O) groups is 2. The second-order valence-electron chi connectivity index (χ2n) is 6.61. The SMILES string of the molecule is O=C(O)CC(NC(=O)CCc1ccc2c(n1)NCCC2)c1cccc(F)c1. The first-order chi connectivity index (χ1) is 13.0. The molecular formula is C20H22FN3O3. The van der Waals surface area contributed by atoms with Crippen LogP contribution in [0.2, 0.25) is 0 Å². The highest BCUT2D eigenvalue weighted by molar-refractivity contribution is 5.78. The molecule has 0 aliphatic carbocycles. The third-order valence-electron chi connectivity index (χ3n) is 4.53. The van der Waals surface area contributed by atoms with E-state index in [1.807, 2.05) is 12.1 Å². The van der Waals surface area contributed by atoms with Gasteiger partial charge in [-0.1, -0.05) is 18.2 Å². The molecule has 6 nitrogen and oxygen atoms in total. The van der Waals surface area contributed by atoms with Crippen LogP contribution in [-0.4, -0.2) is 28.5 Å². The van der Waals surface area contributed by atoms with Crippen molar-refractivity contribution in [2.75, 3.05) is 11.9 Å². The Morgan fingerprint density at radius 1 is 1.30 bits per heavy atom. The summed E-state index contributed by atoms with van der Waals surface area (Å²) in [6, 6.07) is 8.79. The van der Waals surface area contributed by atoms with Crippen LogP contribution in [0, 0.1) is 5.82 Å². The molecule has 1 aliphatic rings. The number of fused-ring (bicyclic) bond motifs is 1. The van der Waals surface area contributed by atoms with E-state index in [4.69, 9.17) is 5.11 Å². The van der Waals surface area contributed by atoms with Crippen LogP contribution in [-0.2, 0) is 22.4 Å². The highest BCUT2D eigenvalue weighted by Crippen LogP contribution is 2.21. The number of amides is 1. The lowest BCUT2D eigenvalue weighted by Gasteiger charge is -2.18. The number of rotatable bonds is 7. The van der Waals surface area contributed by atoms with Crippen LogP contribution in [0.3, 0.4) is 0 Å². The maximum absolute atomic E-state index is 13.4. The fourth-order valence-electron chi connectivity index (χ4n) is 3.17. The third-order valence-corrected chi connectivity index (χ3v) is 4.53. The summed E-state index contributed by atoms with van der Waals surface area (Å²) in [4.78, 5) is 28.0. The summed E-state index contributed by atoms with van der Waals surface area (Å²) in [5, 5.41) is 15.0. The normalized spacial score (nSPS) is 14.0. The van der Waals surface area contributed by atoms with E-state index >= 15 is 0 Å². The summed E-state index contributed by atoms with van der Waals surface area (Å²) in [6.07, 6.45) is 2.40. The van der Waals surface area contributed by atoms with E-state index in [1.165, 1.54) is 23.8 Å². The Morgan fingerprint density at radius 3 is 2.93 bits per heavy atom. The number of nitrogens with zero attached hydrogens (tertiary/aromatic N) is 1. The van der Waals surface area contributed by atoms with Gasteiger partial charge in [0.15, 0.2) is 0 Å². The van der Waals surface area contributed by atoms with Gasteiger partial charge in [0.2, 0.25) is 5.91 Å². The fraction of sp³-hybridized carbons (Fsp3) is 0.350. The molecule has 0 saturated carbocycles. The van der Waals surface area contributed by atoms with E-state index in [1.54, 1.807) is 6.07 Å². The minimum Gasteiger partial charge on any atom is -0.481 e. The Bertz CT molecular complexity index is 841. The smallest absolute Gasteiger partial charge is 0.305 e. The van der Waals surface area contributed by atoms with E-state index in [0.717, 1.165) is 30.9 Å². The molecule has 0 bridgehead atoms. The monoisotopic (exact) mass is 371 g/mol. The molecule has 0 radical (unpaired) electrons. The van der Waals surface area contributed by atoms with Crippen molar-refractivity contribution in [3.05, 3.63) is 59.0 Å². The van der Waals surface area contributed by atoms with Gasteiger partial charge in [-0.05, 0) is 48.6 Å². The number of pyridine rings is 1. The molecule has 2 heterocycles. The molecule has 1 aromatic heterocycles. The zero-order chi connectivity index (χ0) is 19.2. The average molecular weight is 371 g/mol. The molecular weight excluding hydrogens is 349 g/mol. The van der Waals surface area contributed by atoms with Crippen molar-refractivity contribution >= 4 is 17.7 Å². The molecule has 27 heavy (non-hydrogen) atoms. The van der Waals surface area contributed by atoms with E-state index < -0.39 is 17.8 Å². The lowest BCUT2D eigenvalue weighted by molar-refractivity contribution is -0.137. The Hall–Kier alpha value is -2.96. The van der Waals surface area contributed by atoms with Crippen LogP contribution in [0.25, 0.3) is 0 Å². The van der Waals surface area contributed by atoms with Gasteiger partial charge in [-0.2, -0.15) is 0 Å². The number of carboxylic acid groups (broad SMARTS) is 1. The summed E-state index contributed by atoms with van der Waals surface area (Å²) in [6.45, 7) is 0.897. The van der Waals surface area contributed by atoms with Crippen LogP contribution < -0.4 is 10.6 Å². The molecule has 0 saturated heterocycles. The quantitative estimate of drug-likeness (QED) is 0.696. The Morgan fingerprint density at radius 2 is 2.15 bits per heavy atom. The van der Waals surface area contributed by atoms with Crippen LogP contribution in [0.15, 0.2) is 36.4 Å². The van der Waals surface area contributed by atoms with Crippen molar-refractivity contribution in [3.8, 4) is 0 Å². The molecule has 1 aliphatic heterocycles. The van der Waals surface area contributed by atoms with Crippen LogP contribution in [0.5, 0.6) is 0 Å². The number of benzene rings is 1. The fourth-order valence-corrected chi connectivity index (χ4v) is 3.17. The van der Waals surface area contributed by atoms with Crippen LogP contribution >= 0.6 is 0 Å². The molecule has 2 aromatic rings. The van der Waals surface area contributed by atoms with E-state index in [9.17, 15) is 14.0 Å². The molecule has 0 spiro atoms. The van der Waals surface area contributed by atoms with Gasteiger partial charge < -0.3 is 15.7 Å². The lowest BCUT2D eigenvalue weighted by atomic mass is 10.0. The van der Waals surface area contributed by atoms with Crippen LogP contribution in [0.4, 0.5) is 10.2 Å². The molecule has 3 rings (SSSR count). The van der Waals surface area contributed by atoms with Crippen molar-refractivity contribution in [1.29, 1.82) is 0 Å². The van der Waals surface area contributed by atoms with Gasteiger partial charge >= 0.3 is 5.97 Å². The average Bonchev–Trinajstić information content (AvgIpc) is 2.65. The number of anilines is 1. The lowest BCUT2D eigenvalue weighted by Crippen LogP contribution is -2.30. The van der Waals surface area contributed by atoms with Crippen LogP contribution in [0.1, 0.15) is 42.1 Å². The van der Waals surface area contributed by atoms with Crippen molar-refractivity contribution in [2.45, 2.75) is 38.1 Å². The number of aryl methyl sites for hydroxylation is 2. The second kappa shape index (κ2) is 8.62. The maximum atomic E-state index is 13.4. The number of aliphatic carboxylic acids is 1. The van der Waals surface area contributed by atoms with Gasteiger partial charge in [0, 0.05) is 18.7 Å². The molecule has 1 unspecified atom stereocenters. The van der Waals surface area contributed by atoms with E-state index in [0.29, 0.717) is 12.0 Å². The van der Waals surface area contributed by atoms with Crippen molar-refractivity contribution in [3.63, 3.8) is 0 Å². The highest BCUT2D eigenvalue weighted by Gasteiger charge is 2.19. The molecule has 0 fully saturated rings. The first-order valence-electron chi connectivity index (χ1n) is 9.00. The van der Waals surface area contributed by atoms with Crippen molar-refractivity contribution in [2.24, 2.45) is 0 Å². The molecule has 1 aromatic carbocycles. The van der Waals surface area contributed by atoms with Gasteiger partial charge in [-0.15, -0.1) is 0 Å². The molecule has 142 valence electrons. The Labute approximate surface area is 156 Å². The van der Waals surface area contributed by atoms with Gasteiger partial charge in [0.1, 0.15) is 11.6 Å². The summed E-state index contributed by atoms with van der Waals surface area (Å²) >= 11 is 0. The van der Waals surface area contributed by atoms with E-state index in [-0.39, 0.29) is 18.7 Å². The van der Waals surface area contributed by atoms with Crippen molar-refractivity contribution < 1.29 is 19.1 Å². The van der Waals surface area contributed by atoms with Gasteiger partial charge in [0.05, 0.1) is 12.5 Å². The number of hydrogen-bond acceptors (Lipinski definition) is 4. The number of halogens is 1.